The number of ether oxygens (including phenoxy) is 1. The summed E-state index contributed by atoms with van der Waals surface area (Å²) in [6, 6.07) is 8.43. The second-order valence-corrected chi connectivity index (χ2v) is 4.57. The highest BCUT2D eigenvalue weighted by molar-refractivity contribution is 5.35. The summed E-state index contributed by atoms with van der Waals surface area (Å²) in [6.07, 6.45) is 6.73. The van der Waals surface area contributed by atoms with Crippen molar-refractivity contribution >= 4 is 0 Å². The highest BCUT2D eigenvalue weighted by atomic mass is 16.5. The van der Waals surface area contributed by atoms with E-state index in [9.17, 15) is 0 Å². The van der Waals surface area contributed by atoms with Gasteiger partial charge in [-0.15, -0.1) is 0 Å². The van der Waals surface area contributed by atoms with Crippen LogP contribution >= 0.6 is 0 Å². The summed E-state index contributed by atoms with van der Waals surface area (Å²) < 4.78 is 7.47. The van der Waals surface area contributed by atoms with Crippen molar-refractivity contribution in [3.8, 4) is 5.75 Å². The number of nitrogens with one attached hydrogen (secondary N) is 1. The van der Waals surface area contributed by atoms with E-state index < -0.39 is 0 Å². The van der Waals surface area contributed by atoms with Gasteiger partial charge in [0.1, 0.15) is 5.75 Å². The molecule has 102 valence electrons. The molecule has 0 unspecified atom stereocenters. The monoisotopic (exact) mass is 259 g/mol. The number of imidazole rings is 1. The van der Waals surface area contributed by atoms with Crippen LogP contribution in [-0.4, -0.2) is 23.2 Å². The van der Waals surface area contributed by atoms with E-state index in [0.717, 1.165) is 25.3 Å². The Morgan fingerprint density at radius 1 is 1.37 bits per heavy atom. The Morgan fingerprint density at radius 2 is 2.21 bits per heavy atom. The van der Waals surface area contributed by atoms with Crippen LogP contribution in [0.25, 0.3) is 0 Å². The van der Waals surface area contributed by atoms with Gasteiger partial charge in [-0.2, -0.15) is 0 Å². The minimum absolute atomic E-state index is 0.291. The molecule has 0 aliphatic carbocycles. The third kappa shape index (κ3) is 3.83. The van der Waals surface area contributed by atoms with Gasteiger partial charge in [0.05, 0.1) is 13.4 Å². The average molecular weight is 259 g/mol. The van der Waals surface area contributed by atoms with E-state index in [1.807, 2.05) is 36.9 Å². The molecular formula is C15H21N3O. The lowest BCUT2D eigenvalue weighted by Gasteiger charge is -2.17. The summed E-state index contributed by atoms with van der Waals surface area (Å²) >= 11 is 0. The molecule has 0 fully saturated rings. The van der Waals surface area contributed by atoms with Crippen molar-refractivity contribution in [1.29, 1.82) is 0 Å². The van der Waals surface area contributed by atoms with E-state index >= 15 is 0 Å². The average Bonchev–Trinajstić information content (AvgIpc) is 2.96. The number of aryl methyl sites for hydroxylation is 1. The highest BCUT2D eigenvalue weighted by Gasteiger charge is 2.09. The molecule has 1 heterocycles. The lowest BCUT2D eigenvalue weighted by molar-refractivity contribution is 0.401. The maximum absolute atomic E-state index is 5.38. The Balaban J connectivity index is 1.79. The molecule has 0 spiro atoms. The van der Waals surface area contributed by atoms with Gasteiger partial charge in [-0.25, -0.2) is 4.98 Å². The quantitative estimate of drug-likeness (QED) is 0.777. The van der Waals surface area contributed by atoms with Crippen molar-refractivity contribution in [2.45, 2.75) is 25.9 Å². The van der Waals surface area contributed by atoms with E-state index in [1.54, 1.807) is 7.11 Å². The van der Waals surface area contributed by atoms with Gasteiger partial charge in [0.25, 0.3) is 0 Å². The largest absolute Gasteiger partial charge is 0.496 e. The molecule has 0 amide bonds. The lowest BCUT2D eigenvalue weighted by Crippen LogP contribution is -2.21. The van der Waals surface area contributed by atoms with Crippen LogP contribution < -0.4 is 10.1 Å². The van der Waals surface area contributed by atoms with Crippen LogP contribution in [0.5, 0.6) is 5.75 Å². The molecule has 1 aromatic heterocycles. The number of rotatable bonds is 7. The molecule has 0 radical (unpaired) electrons. The molecule has 19 heavy (non-hydrogen) atoms. The Morgan fingerprint density at radius 3 is 2.95 bits per heavy atom. The van der Waals surface area contributed by atoms with E-state index in [0.29, 0.717) is 6.04 Å². The SMILES string of the molecule is COc1ccccc1[C@@H](C)NCCCn1ccnc1. The predicted octanol–water partition coefficient (Wildman–Crippen LogP) is 2.63. The normalized spacial score (nSPS) is 12.3. The Kier molecular flexibility index (Phi) is 4.98. The van der Waals surface area contributed by atoms with Gasteiger partial charge in [-0.1, -0.05) is 18.2 Å². The van der Waals surface area contributed by atoms with Gasteiger partial charge in [0.2, 0.25) is 0 Å². The van der Waals surface area contributed by atoms with Crippen LogP contribution in [0, 0.1) is 0 Å². The lowest BCUT2D eigenvalue weighted by atomic mass is 10.1. The molecule has 1 atom stereocenters. The van der Waals surface area contributed by atoms with Crippen LogP contribution in [0.1, 0.15) is 24.9 Å². The van der Waals surface area contributed by atoms with Gasteiger partial charge in [0.15, 0.2) is 0 Å². The topological polar surface area (TPSA) is 39.1 Å². The fourth-order valence-corrected chi connectivity index (χ4v) is 2.13. The van der Waals surface area contributed by atoms with Crippen molar-refractivity contribution in [2.24, 2.45) is 0 Å². The van der Waals surface area contributed by atoms with Crippen molar-refractivity contribution in [3.05, 3.63) is 48.5 Å². The maximum atomic E-state index is 5.38. The van der Waals surface area contributed by atoms with Crippen LogP contribution in [0.4, 0.5) is 0 Å². The second-order valence-electron chi connectivity index (χ2n) is 4.57. The number of para-hydroxylation sites is 1. The number of benzene rings is 1. The fraction of sp³-hybridized carbons (Fsp3) is 0.400. The summed E-state index contributed by atoms with van der Waals surface area (Å²) in [5, 5.41) is 3.52. The molecule has 1 N–H and O–H groups in total. The summed E-state index contributed by atoms with van der Waals surface area (Å²) in [5.74, 6) is 0.942. The summed E-state index contributed by atoms with van der Waals surface area (Å²) in [7, 11) is 1.71. The minimum Gasteiger partial charge on any atom is -0.496 e. The van der Waals surface area contributed by atoms with Crippen LogP contribution in [0.2, 0.25) is 0 Å². The first kappa shape index (κ1) is 13.6. The number of nitrogens with zero attached hydrogens (tertiary/aromatic N) is 2. The van der Waals surface area contributed by atoms with Gasteiger partial charge in [-0.05, 0) is 26.0 Å². The Hall–Kier alpha value is -1.81. The van der Waals surface area contributed by atoms with Gasteiger partial charge >= 0.3 is 0 Å². The first-order chi connectivity index (χ1) is 9.31. The van der Waals surface area contributed by atoms with Crippen LogP contribution in [0.3, 0.4) is 0 Å². The van der Waals surface area contributed by atoms with E-state index in [4.69, 9.17) is 4.74 Å². The van der Waals surface area contributed by atoms with E-state index in [1.165, 1.54) is 5.56 Å². The molecule has 4 heteroatoms. The molecule has 0 aliphatic heterocycles. The maximum Gasteiger partial charge on any atom is 0.123 e. The fourth-order valence-electron chi connectivity index (χ4n) is 2.13. The smallest absolute Gasteiger partial charge is 0.123 e. The van der Waals surface area contributed by atoms with Crippen molar-refractivity contribution in [3.63, 3.8) is 0 Å². The zero-order valence-electron chi connectivity index (χ0n) is 11.5. The third-order valence-corrected chi connectivity index (χ3v) is 3.21. The molecule has 0 aliphatic rings. The van der Waals surface area contributed by atoms with E-state index in [2.05, 4.69) is 27.9 Å². The Labute approximate surface area is 114 Å². The van der Waals surface area contributed by atoms with Crippen molar-refractivity contribution < 1.29 is 4.74 Å². The van der Waals surface area contributed by atoms with Crippen LogP contribution in [0.15, 0.2) is 43.0 Å². The van der Waals surface area contributed by atoms with Gasteiger partial charge < -0.3 is 14.6 Å². The minimum atomic E-state index is 0.291. The molecule has 4 nitrogen and oxygen atoms in total. The number of methoxy groups -OCH3 is 1. The number of hydrogen-bond acceptors (Lipinski definition) is 3. The molecular weight excluding hydrogens is 238 g/mol. The molecule has 2 rings (SSSR count). The summed E-state index contributed by atoms with van der Waals surface area (Å²) in [4.78, 5) is 4.03. The predicted molar refractivity (Wildman–Crippen MR) is 76.3 cm³/mol. The third-order valence-electron chi connectivity index (χ3n) is 3.21. The number of hydrogen-bond donors (Lipinski definition) is 1. The van der Waals surface area contributed by atoms with Crippen LogP contribution in [-0.2, 0) is 6.54 Å². The molecule has 2 aromatic rings. The van der Waals surface area contributed by atoms with Crippen molar-refractivity contribution in [2.75, 3.05) is 13.7 Å². The van der Waals surface area contributed by atoms with Gasteiger partial charge in [-0.3, -0.25) is 0 Å². The molecule has 1 aromatic carbocycles. The van der Waals surface area contributed by atoms with Crippen molar-refractivity contribution in [1.82, 2.24) is 14.9 Å². The zero-order chi connectivity index (χ0) is 13.5. The highest BCUT2D eigenvalue weighted by Crippen LogP contribution is 2.24. The first-order valence-corrected chi connectivity index (χ1v) is 6.63. The second kappa shape index (κ2) is 6.95. The molecule has 0 bridgehead atoms. The zero-order valence-corrected chi connectivity index (χ0v) is 11.5. The molecule has 0 saturated carbocycles. The standard InChI is InChI=1S/C15H21N3O/c1-13(14-6-3-4-7-15(14)19-2)17-8-5-10-18-11-9-16-12-18/h3-4,6-7,9,11-13,17H,5,8,10H2,1-2H3/t13-/m1/s1. The van der Waals surface area contributed by atoms with E-state index in [-0.39, 0.29) is 0 Å². The molecule has 0 saturated heterocycles. The summed E-state index contributed by atoms with van der Waals surface area (Å²) in [6.45, 7) is 4.12. The first-order valence-electron chi connectivity index (χ1n) is 6.63. The van der Waals surface area contributed by atoms with Gasteiger partial charge in [0, 0.05) is 30.5 Å². The number of aromatic nitrogens is 2. The summed E-state index contributed by atoms with van der Waals surface area (Å²) in [5.41, 5.74) is 1.20. The Bertz CT molecular complexity index is 482.